The highest BCUT2D eigenvalue weighted by Gasteiger charge is 2.41. The quantitative estimate of drug-likeness (QED) is 0.717. The standard InChI is InChI=1S/C12H23N3O/c1-12(11(14)16)6-7-15(8-12)10-4-2-9(13)3-5-10/h9-10H,2-8,13H2,1H3,(H2,14,16). The number of nitrogens with zero attached hydrogens (tertiary/aromatic N) is 1. The molecule has 1 atom stereocenters. The number of hydrogen-bond donors (Lipinski definition) is 2. The lowest BCUT2D eigenvalue weighted by Crippen LogP contribution is -2.42. The molecule has 1 saturated heterocycles. The number of rotatable bonds is 2. The Labute approximate surface area is 97.3 Å². The Morgan fingerprint density at radius 3 is 2.44 bits per heavy atom. The Morgan fingerprint density at radius 1 is 1.31 bits per heavy atom. The molecule has 0 spiro atoms. The smallest absolute Gasteiger partial charge is 0.224 e. The van der Waals surface area contributed by atoms with E-state index in [1.165, 1.54) is 12.8 Å². The van der Waals surface area contributed by atoms with Crippen LogP contribution in [0.1, 0.15) is 39.0 Å². The van der Waals surface area contributed by atoms with Crippen molar-refractivity contribution < 1.29 is 4.79 Å². The van der Waals surface area contributed by atoms with Gasteiger partial charge in [-0.25, -0.2) is 0 Å². The van der Waals surface area contributed by atoms with Crippen LogP contribution in [0.15, 0.2) is 0 Å². The van der Waals surface area contributed by atoms with Gasteiger partial charge >= 0.3 is 0 Å². The second-order valence-electron chi connectivity index (χ2n) is 5.71. The number of carbonyl (C=O) groups is 1. The van der Waals surface area contributed by atoms with E-state index in [0.29, 0.717) is 12.1 Å². The van der Waals surface area contributed by atoms with Crippen molar-refractivity contribution in [3.05, 3.63) is 0 Å². The van der Waals surface area contributed by atoms with Gasteiger partial charge in [-0.05, 0) is 45.6 Å². The number of hydrogen-bond acceptors (Lipinski definition) is 3. The molecule has 1 aliphatic heterocycles. The number of nitrogens with two attached hydrogens (primary N) is 2. The Hall–Kier alpha value is -0.610. The highest BCUT2D eigenvalue weighted by Crippen LogP contribution is 2.34. The van der Waals surface area contributed by atoms with Crippen LogP contribution in [0.3, 0.4) is 0 Å². The zero-order chi connectivity index (χ0) is 11.8. The third-order valence-electron chi connectivity index (χ3n) is 4.36. The molecule has 2 fully saturated rings. The lowest BCUT2D eigenvalue weighted by molar-refractivity contribution is -0.126. The zero-order valence-electron chi connectivity index (χ0n) is 10.1. The van der Waals surface area contributed by atoms with Crippen LogP contribution in [-0.2, 0) is 4.79 Å². The Balaban J connectivity index is 1.91. The highest BCUT2D eigenvalue weighted by molar-refractivity contribution is 5.81. The van der Waals surface area contributed by atoms with Gasteiger partial charge in [-0.2, -0.15) is 0 Å². The molecule has 16 heavy (non-hydrogen) atoms. The first-order chi connectivity index (χ1) is 7.51. The first kappa shape index (κ1) is 11.9. The van der Waals surface area contributed by atoms with E-state index in [2.05, 4.69) is 4.90 Å². The Bertz CT molecular complexity index is 273. The minimum atomic E-state index is -0.306. The fourth-order valence-corrected chi connectivity index (χ4v) is 2.98. The molecular weight excluding hydrogens is 202 g/mol. The molecule has 0 aromatic rings. The summed E-state index contributed by atoms with van der Waals surface area (Å²) < 4.78 is 0. The van der Waals surface area contributed by atoms with Gasteiger partial charge in [0.25, 0.3) is 0 Å². The van der Waals surface area contributed by atoms with Crippen molar-refractivity contribution in [2.75, 3.05) is 13.1 Å². The minimum absolute atomic E-state index is 0.150. The Morgan fingerprint density at radius 2 is 1.94 bits per heavy atom. The molecule has 1 unspecified atom stereocenters. The van der Waals surface area contributed by atoms with E-state index in [1.807, 2.05) is 6.92 Å². The van der Waals surface area contributed by atoms with Gasteiger partial charge in [0.2, 0.25) is 5.91 Å². The third-order valence-corrected chi connectivity index (χ3v) is 4.36. The van der Waals surface area contributed by atoms with E-state index in [-0.39, 0.29) is 11.3 Å². The third kappa shape index (κ3) is 2.23. The lowest BCUT2D eigenvalue weighted by atomic mass is 9.88. The number of carbonyl (C=O) groups excluding carboxylic acids is 1. The molecule has 4 N–H and O–H groups in total. The fraction of sp³-hybridized carbons (Fsp3) is 0.917. The van der Waals surface area contributed by atoms with Crippen molar-refractivity contribution in [1.29, 1.82) is 0 Å². The normalized spacial score (nSPS) is 41.1. The van der Waals surface area contributed by atoms with E-state index in [4.69, 9.17) is 11.5 Å². The SMILES string of the molecule is CC1(C(N)=O)CCN(C2CCC(N)CC2)C1. The second kappa shape index (κ2) is 4.34. The monoisotopic (exact) mass is 225 g/mol. The van der Waals surface area contributed by atoms with Crippen molar-refractivity contribution in [2.45, 2.75) is 51.1 Å². The van der Waals surface area contributed by atoms with Crippen LogP contribution in [0.2, 0.25) is 0 Å². The van der Waals surface area contributed by atoms with E-state index in [9.17, 15) is 4.79 Å². The molecule has 2 rings (SSSR count). The van der Waals surface area contributed by atoms with Crippen LogP contribution in [0.5, 0.6) is 0 Å². The van der Waals surface area contributed by atoms with Crippen LogP contribution >= 0.6 is 0 Å². The van der Waals surface area contributed by atoms with Crippen molar-refractivity contribution in [3.8, 4) is 0 Å². The van der Waals surface area contributed by atoms with E-state index < -0.39 is 0 Å². The molecule has 0 aromatic carbocycles. The van der Waals surface area contributed by atoms with Gasteiger partial charge < -0.3 is 11.5 Å². The Kier molecular flexibility index (Phi) is 3.22. The number of primary amides is 1. The van der Waals surface area contributed by atoms with Gasteiger partial charge in [0.05, 0.1) is 5.41 Å². The zero-order valence-corrected chi connectivity index (χ0v) is 10.1. The summed E-state index contributed by atoms with van der Waals surface area (Å²) >= 11 is 0. The van der Waals surface area contributed by atoms with Crippen molar-refractivity contribution in [1.82, 2.24) is 4.90 Å². The van der Waals surface area contributed by atoms with Gasteiger partial charge in [-0.3, -0.25) is 9.69 Å². The van der Waals surface area contributed by atoms with Crippen molar-refractivity contribution >= 4 is 5.91 Å². The van der Waals surface area contributed by atoms with E-state index in [1.54, 1.807) is 0 Å². The molecule has 4 nitrogen and oxygen atoms in total. The summed E-state index contributed by atoms with van der Waals surface area (Å²) in [6, 6.07) is 1.02. The molecule has 2 aliphatic rings. The first-order valence-electron chi connectivity index (χ1n) is 6.31. The highest BCUT2D eigenvalue weighted by atomic mass is 16.1. The summed E-state index contributed by atoms with van der Waals surface area (Å²) in [6.45, 7) is 3.84. The lowest BCUT2D eigenvalue weighted by Gasteiger charge is -2.34. The average molecular weight is 225 g/mol. The topological polar surface area (TPSA) is 72.4 Å². The summed E-state index contributed by atoms with van der Waals surface area (Å²) in [5.41, 5.74) is 11.1. The van der Waals surface area contributed by atoms with Crippen molar-refractivity contribution in [3.63, 3.8) is 0 Å². The molecule has 92 valence electrons. The fourth-order valence-electron chi connectivity index (χ4n) is 2.98. The molecule has 1 amide bonds. The van der Waals surface area contributed by atoms with Crippen LogP contribution in [-0.4, -0.2) is 36.0 Å². The molecule has 1 saturated carbocycles. The molecule has 0 aromatic heterocycles. The number of amides is 1. The average Bonchev–Trinajstić information content (AvgIpc) is 2.63. The summed E-state index contributed by atoms with van der Waals surface area (Å²) in [6.07, 6.45) is 5.50. The second-order valence-corrected chi connectivity index (χ2v) is 5.71. The molecule has 0 bridgehead atoms. The summed E-state index contributed by atoms with van der Waals surface area (Å²) in [5, 5.41) is 0. The van der Waals surface area contributed by atoms with Gasteiger partial charge in [0.1, 0.15) is 0 Å². The number of likely N-dealkylation sites (tertiary alicyclic amines) is 1. The van der Waals surface area contributed by atoms with E-state index in [0.717, 1.165) is 32.4 Å². The first-order valence-corrected chi connectivity index (χ1v) is 6.31. The predicted octanol–water partition coefficient (Wildman–Crippen LogP) is 0.454. The van der Waals surface area contributed by atoms with Gasteiger partial charge in [0.15, 0.2) is 0 Å². The predicted molar refractivity (Wildman–Crippen MR) is 63.7 cm³/mol. The van der Waals surface area contributed by atoms with Crippen LogP contribution < -0.4 is 11.5 Å². The van der Waals surface area contributed by atoms with Gasteiger partial charge in [-0.1, -0.05) is 0 Å². The molecule has 0 radical (unpaired) electrons. The van der Waals surface area contributed by atoms with Crippen LogP contribution in [0.25, 0.3) is 0 Å². The maximum atomic E-state index is 11.4. The largest absolute Gasteiger partial charge is 0.369 e. The van der Waals surface area contributed by atoms with Gasteiger partial charge in [0, 0.05) is 18.6 Å². The van der Waals surface area contributed by atoms with Crippen LogP contribution in [0, 0.1) is 5.41 Å². The molecule has 1 aliphatic carbocycles. The molecule has 4 heteroatoms. The molecular formula is C12H23N3O. The van der Waals surface area contributed by atoms with Crippen molar-refractivity contribution in [2.24, 2.45) is 16.9 Å². The van der Waals surface area contributed by atoms with E-state index >= 15 is 0 Å². The summed E-state index contributed by atoms with van der Waals surface area (Å²) in [7, 11) is 0. The minimum Gasteiger partial charge on any atom is -0.369 e. The van der Waals surface area contributed by atoms with Gasteiger partial charge in [-0.15, -0.1) is 0 Å². The maximum Gasteiger partial charge on any atom is 0.224 e. The summed E-state index contributed by atoms with van der Waals surface area (Å²) in [5.74, 6) is -0.150. The molecule has 1 heterocycles. The maximum absolute atomic E-state index is 11.4. The van der Waals surface area contributed by atoms with Crippen LogP contribution in [0.4, 0.5) is 0 Å². The summed E-state index contributed by atoms with van der Waals surface area (Å²) in [4.78, 5) is 13.8.